The van der Waals surface area contributed by atoms with Gasteiger partial charge in [0.1, 0.15) is 0 Å². The van der Waals surface area contributed by atoms with E-state index in [1.807, 2.05) is 6.07 Å². The molecule has 1 aromatic carbocycles. The SMILES string of the molecule is Cc1cccc2c1N[C@@H](CC(=O)N(C)C)CN2. The first-order valence-electron chi connectivity index (χ1n) is 5.88. The number of benzene rings is 1. The average molecular weight is 233 g/mol. The smallest absolute Gasteiger partial charge is 0.224 e. The molecule has 0 unspecified atom stereocenters. The molecule has 0 fully saturated rings. The molecule has 0 bridgehead atoms. The van der Waals surface area contributed by atoms with Crippen molar-refractivity contribution >= 4 is 17.3 Å². The summed E-state index contributed by atoms with van der Waals surface area (Å²) < 4.78 is 0. The zero-order valence-electron chi connectivity index (χ0n) is 10.6. The van der Waals surface area contributed by atoms with Crippen molar-refractivity contribution in [1.29, 1.82) is 0 Å². The third kappa shape index (κ3) is 2.52. The molecule has 4 heteroatoms. The van der Waals surface area contributed by atoms with Crippen LogP contribution in [0.3, 0.4) is 0 Å². The van der Waals surface area contributed by atoms with Gasteiger partial charge in [-0.2, -0.15) is 0 Å². The Labute approximate surface area is 102 Å². The molecular weight excluding hydrogens is 214 g/mol. The predicted molar refractivity (Wildman–Crippen MR) is 70.4 cm³/mol. The highest BCUT2D eigenvalue weighted by atomic mass is 16.2. The van der Waals surface area contributed by atoms with Gasteiger partial charge in [0.2, 0.25) is 5.91 Å². The largest absolute Gasteiger partial charge is 0.381 e. The maximum atomic E-state index is 11.7. The number of amides is 1. The Morgan fingerprint density at radius 3 is 2.94 bits per heavy atom. The average Bonchev–Trinajstić information content (AvgIpc) is 2.30. The number of hydrogen-bond donors (Lipinski definition) is 2. The first-order chi connectivity index (χ1) is 8.08. The number of rotatable bonds is 2. The first kappa shape index (κ1) is 11.8. The lowest BCUT2D eigenvalue weighted by atomic mass is 10.1. The normalized spacial score (nSPS) is 17.7. The van der Waals surface area contributed by atoms with E-state index < -0.39 is 0 Å². The van der Waals surface area contributed by atoms with E-state index in [2.05, 4.69) is 29.7 Å². The van der Waals surface area contributed by atoms with Crippen LogP contribution in [-0.2, 0) is 4.79 Å². The summed E-state index contributed by atoms with van der Waals surface area (Å²) in [6.45, 7) is 2.86. The lowest BCUT2D eigenvalue weighted by molar-refractivity contribution is -0.128. The van der Waals surface area contributed by atoms with Crippen LogP contribution in [-0.4, -0.2) is 37.5 Å². The molecule has 0 saturated carbocycles. The van der Waals surface area contributed by atoms with Crippen molar-refractivity contribution in [2.24, 2.45) is 0 Å². The second-order valence-corrected chi connectivity index (χ2v) is 4.71. The maximum Gasteiger partial charge on any atom is 0.224 e. The van der Waals surface area contributed by atoms with Gasteiger partial charge in [-0.25, -0.2) is 0 Å². The Morgan fingerprint density at radius 2 is 2.24 bits per heavy atom. The van der Waals surface area contributed by atoms with Crippen molar-refractivity contribution in [3.63, 3.8) is 0 Å². The van der Waals surface area contributed by atoms with Crippen molar-refractivity contribution in [2.75, 3.05) is 31.3 Å². The summed E-state index contributed by atoms with van der Waals surface area (Å²) >= 11 is 0. The number of nitrogens with one attached hydrogen (secondary N) is 2. The quantitative estimate of drug-likeness (QED) is 0.817. The molecule has 1 aromatic rings. The number of aryl methyl sites for hydroxylation is 1. The van der Waals surface area contributed by atoms with Gasteiger partial charge < -0.3 is 15.5 Å². The molecule has 0 aromatic heterocycles. The van der Waals surface area contributed by atoms with Crippen LogP contribution in [0.25, 0.3) is 0 Å². The van der Waals surface area contributed by atoms with Gasteiger partial charge in [-0.1, -0.05) is 12.1 Å². The van der Waals surface area contributed by atoms with Crippen LogP contribution in [0.2, 0.25) is 0 Å². The van der Waals surface area contributed by atoms with Crippen molar-refractivity contribution in [3.8, 4) is 0 Å². The minimum absolute atomic E-state index is 0.154. The van der Waals surface area contributed by atoms with Gasteiger partial charge in [0.15, 0.2) is 0 Å². The molecule has 2 N–H and O–H groups in total. The minimum Gasteiger partial charge on any atom is -0.381 e. The summed E-state index contributed by atoms with van der Waals surface area (Å²) in [6.07, 6.45) is 0.522. The zero-order chi connectivity index (χ0) is 12.4. The molecule has 17 heavy (non-hydrogen) atoms. The monoisotopic (exact) mass is 233 g/mol. The van der Waals surface area contributed by atoms with Gasteiger partial charge in [0, 0.05) is 27.1 Å². The van der Waals surface area contributed by atoms with E-state index in [9.17, 15) is 4.79 Å². The Bertz CT molecular complexity index is 429. The molecule has 1 atom stereocenters. The topological polar surface area (TPSA) is 44.4 Å². The molecule has 0 aliphatic carbocycles. The number of hydrogen-bond acceptors (Lipinski definition) is 3. The molecule has 1 aliphatic heterocycles. The summed E-state index contributed by atoms with van der Waals surface area (Å²) in [6, 6.07) is 6.33. The van der Waals surface area contributed by atoms with Gasteiger partial charge >= 0.3 is 0 Å². The Hall–Kier alpha value is -1.71. The van der Waals surface area contributed by atoms with Crippen LogP contribution in [0.15, 0.2) is 18.2 Å². The fourth-order valence-corrected chi connectivity index (χ4v) is 2.01. The van der Waals surface area contributed by atoms with E-state index in [-0.39, 0.29) is 11.9 Å². The highest BCUT2D eigenvalue weighted by Gasteiger charge is 2.21. The summed E-state index contributed by atoms with van der Waals surface area (Å²) in [4.78, 5) is 13.3. The fourth-order valence-electron chi connectivity index (χ4n) is 2.01. The molecule has 0 spiro atoms. The second-order valence-electron chi connectivity index (χ2n) is 4.71. The van der Waals surface area contributed by atoms with E-state index in [0.29, 0.717) is 6.42 Å². The third-order valence-corrected chi connectivity index (χ3v) is 3.08. The van der Waals surface area contributed by atoms with Crippen molar-refractivity contribution < 1.29 is 4.79 Å². The number of fused-ring (bicyclic) bond motifs is 1. The fraction of sp³-hybridized carbons (Fsp3) is 0.462. The molecule has 4 nitrogen and oxygen atoms in total. The van der Waals surface area contributed by atoms with Crippen LogP contribution in [0, 0.1) is 6.92 Å². The van der Waals surface area contributed by atoms with Gasteiger partial charge in [0.05, 0.1) is 17.4 Å². The molecular formula is C13H19N3O. The van der Waals surface area contributed by atoms with E-state index in [1.54, 1.807) is 19.0 Å². The number of nitrogens with zero attached hydrogens (tertiary/aromatic N) is 1. The van der Waals surface area contributed by atoms with Crippen LogP contribution in [0.5, 0.6) is 0 Å². The van der Waals surface area contributed by atoms with E-state index in [4.69, 9.17) is 0 Å². The summed E-state index contributed by atoms with van der Waals surface area (Å²) in [5.74, 6) is 0.154. The van der Waals surface area contributed by atoms with E-state index in [0.717, 1.165) is 17.9 Å². The van der Waals surface area contributed by atoms with E-state index in [1.165, 1.54) is 5.56 Å². The van der Waals surface area contributed by atoms with Crippen molar-refractivity contribution in [3.05, 3.63) is 23.8 Å². The molecule has 1 heterocycles. The Balaban J connectivity index is 2.08. The molecule has 92 valence electrons. The molecule has 0 saturated heterocycles. The molecule has 1 amide bonds. The van der Waals surface area contributed by atoms with Gasteiger partial charge in [0.25, 0.3) is 0 Å². The number of carbonyl (C=O) groups excluding carboxylic acids is 1. The second kappa shape index (κ2) is 4.65. The van der Waals surface area contributed by atoms with Crippen LogP contribution in [0.4, 0.5) is 11.4 Å². The first-order valence-corrected chi connectivity index (χ1v) is 5.88. The summed E-state index contributed by atoms with van der Waals surface area (Å²) in [5.41, 5.74) is 3.45. The van der Waals surface area contributed by atoms with E-state index >= 15 is 0 Å². The summed E-state index contributed by atoms with van der Waals surface area (Å²) in [5, 5.41) is 6.81. The maximum absolute atomic E-state index is 11.7. The van der Waals surface area contributed by atoms with Crippen LogP contribution >= 0.6 is 0 Å². The van der Waals surface area contributed by atoms with Crippen LogP contribution < -0.4 is 10.6 Å². The highest BCUT2D eigenvalue weighted by molar-refractivity contribution is 5.79. The third-order valence-electron chi connectivity index (χ3n) is 3.08. The van der Waals surface area contributed by atoms with Crippen molar-refractivity contribution in [1.82, 2.24) is 4.90 Å². The highest BCUT2D eigenvalue weighted by Crippen LogP contribution is 2.29. The number of para-hydroxylation sites is 1. The summed E-state index contributed by atoms with van der Waals surface area (Å²) in [7, 11) is 3.58. The van der Waals surface area contributed by atoms with Gasteiger partial charge in [-0.3, -0.25) is 4.79 Å². The Morgan fingerprint density at radius 1 is 1.47 bits per heavy atom. The lowest BCUT2D eigenvalue weighted by Gasteiger charge is -2.29. The lowest BCUT2D eigenvalue weighted by Crippen LogP contribution is -2.38. The van der Waals surface area contributed by atoms with Crippen LogP contribution in [0.1, 0.15) is 12.0 Å². The standard InChI is InChI=1S/C13H19N3O/c1-9-5-4-6-11-13(9)15-10(8-14-11)7-12(17)16(2)3/h4-6,10,14-15H,7-8H2,1-3H3/t10-/m0/s1. The Kier molecular flexibility index (Phi) is 3.22. The van der Waals surface area contributed by atoms with Crippen molar-refractivity contribution in [2.45, 2.75) is 19.4 Å². The molecule has 2 rings (SSSR count). The molecule has 1 aliphatic rings. The van der Waals surface area contributed by atoms with Gasteiger partial charge in [-0.05, 0) is 18.6 Å². The minimum atomic E-state index is 0.154. The number of carbonyl (C=O) groups is 1. The number of anilines is 2. The zero-order valence-corrected chi connectivity index (χ0v) is 10.6. The predicted octanol–water partition coefficient (Wildman–Crippen LogP) is 1.68. The van der Waals surface area contributed by atoms with Gasteiger partial charge in [-0.15, -0.1) is 0 Å². The molecule has 0 radical (unpaired) electrons.